The average Bonchev–Trinajstić information content (AvgIpc) is 2.18. The number of rotatable bonds is 1. The van der Waals surface area contributed by atoms with Crippen LogP contribution in [0.15, 0.2) is 18.2 Å². The van der Waals surface area contributed by atoms with Crippen molar-refractivity contribution in [2.45, 2.75) is 19.5 Å². The first-order chi connectivity index (χ1) is 6.68. The highest BCUT2D eigenvalue weighted by Crippen LogP contribution is 2.34. The minimum absolute atomic E-state index is 0.0504. The number of halogens is 1. The van der Waals surface area contributed by atoms with E-state index >= 15 is 0 Å². The van der Waals surface area contributed by atoms with Gasteiger partial charge in [0.1, 0.15) is 11.9 Å². The third-order valence-electron chi connectivity index (χ3n) is 2.38. The van der Waals surface area contributed by atoms with E-state index < -0.39 is 6.17 Å². The minimum Gasteiger partial charge on any atom is -0.493 e. The van der Waals surface area contributed by atoms with Crippen LogP contribution in [-0.4, -0.2) is 12.4 Å². The summed E-state index contributed by atoms with van der Waals surface area (Å²) in [5.74, 6) is 0.513. The number of benzene rings is 1. The summed E-state index contributed by atoms with van der Waals surface area (Å²) in [7, 11) is 0. The predicted octanol–water partition coefficient (Wildman–Crippen LogP) is 2.68. The smallest absolute Gasteiger partial charge is 0.159 e. The predicted molar refractivity (Wildman–Crippen MR) is 50.4 cm³/mol. The zero-order valence-corrected chi connectivity index (χ0v) is 7.92. The van der Waals surface area contributed by atoms with Crippen LogP contribution in [0.1, 0.15) is 35.4 Å². The lowest BCUT2D eigenvalue weighted by atomic mass is 10.0. The Balaban J connectivity index is 2.45. The van der Waals surface area contributed by atoms with Gasteiger partial charge in [0.05, 0.1) is 6.61 Å². The van der Waals surface area contributed by atoms with Crippen molar-refractivity contribution >= 4 is 5.78 Å². The topological polar surface area (TPSA) is 26.3 Å². The van der Waals surface area contributed by atoms with E-state index in [1.54, 1.807) is 18.2 Å². The molecule has 1 aromatic carbocycles. The molecule has 2 rings (SSSR count). The summed E-state index contributed by atoms with van der Waals surface area (Å²) in [5, 5.41) is 0. The maximum atomic E-state index is 13.4. The monoisotopic (exact) mass is 194 g/mol. The van der Waals surface area contributed by atoms with Crippen molar-refractivity contribution < 1.29 is 13.9 Å². The molecule has 1 aliphatic rings. The molecule has 0 radical (unpaired) electrons. The molecule has 0 bridgehead atoms. The summed E-state index contributed by atoms with van der Waals surface area (Å²) >= 11 is 0. The summed E-state index contributed by atoms with van der Waals surface area (Å²) in [5.41, 5.74) is 1.04. The number of ether oxygens (including phenoxy) is 1. The second-order valence-electron chi connectivity index (χ2n) is 3.41. The Labute approximate surface area is 81.7 Å². The summed E-state index contributed by atoms with van der Waals surface area (Å²) in [4.78, 5) is 11.1. The number of ketones is 1. The molecule has 74 valence electrons. The van der Waals surface area contributed by atoms with Gasteiger partial charge in [0.15, 0.2) is 5.78 Å². The first-order valence-electron chi connectivity index (χ1n) is 4.60. The normalized spacial score (nSPS) is 19.7. The van der Waals surface area contributed by atoms with Gasteiger partial charge in [0, 0.05) is 17.5 Å². The number of alkyl halides is 1. The molecule has 0 amide bonds. The molecule has 1 unspecified atom stereocenters. The summed E-state index contributed by atoms with van der Waals surface area (Å²) in [6.07, 6.45) is -0.632. The van der Waals surface area contributed by atoms with Crippen molar-refractivity contribution in [3.63, 3.8) is 0 Å². The maximum Gasteiger partial charge on any atom is 0.159 e. The first-order valence-corrected chi connectivity index (χ1v) is 4.60. The highest BCUT2D eigenvalue weighted by molar-refractivity contribution is 5.94. The molecule has 1 atom stereocenters. The van der Waals surface area contributed by atoms with Gasteiger partial charge in [-0.25, -0.2) is 4.39 Å². The Hall–Kier alpha value is -1.38. The number of hydrogen-bond acceptors (Lipinski definition) is 2. The number of carbonyl (C=O) groups is 1. The van der Waals surface area contributed by atoms with Crippen LogP contribution in [-0.2, 0) is 0 Å². The van der Waals surface area contributed by atoms with E-state index in [0.29, 0.717) is 29.9 Å². The third-order valence-corrected chi connectivity index (χ3v) is 2.38. The Morgan fingerprint density at radius 3 is 3.07 bits per heavy atom. The standard InChI is InChI=1S/C11H11FO2/c1-7(13)8-2-3-11-9(6-8)10(12)4-5-14-11/h2-3,6,10H,4-5H2,1H3. The number of fused-ring (bicyclic) bond motifs is 1. The fraction of sp³-hybridized carbons (Fsp3) is 0.364. The highest BCUT2D eigenvalue weighted by atomic mass is 19.1. The maximum absolute atomic E-state index is 13.4. The Morgan fingerprint density at radius 2 is 2.36 bits per heavy atom. The van der Waals surface area contributed by atoms with Crippen molar-refractivity contribution in [3.8, 4) is 5.75 Å². The zero-order chi connectivity index (χ0) is 10.1. The van der Waals surface area contributed by atoms with Crippen LogP contribution >= 0.6 is 0 Å². The van der Waals surface area contributed by atoms with Gasteiger partial charge in [0.2, 0.25) is 0 Å². The fourth-order valence-electron chi connectivity index (χ4n) is 1.57. The number of Topliss-reactive ketones (excluding diaryl/α,β-unsaturated/α-hetero) is 1. The second kappa shape index (κ2) is 3.40. The summed E-state index contributed by atoms with van der Waals surface area (Å²) < 4.78 is 18.7. The number of hydrogen-bond donors (Lipinski definition) is 0. The van der Waals surface area contributed by atoms with Crippen LogP contribution < -0.4 is 4.74 Å². The van der Waals surface area contributed by atoms with Crippen LogP contribution in [0.5, 0.6) is 5.75 Å². The lowest BCUT2D eigenvalue weighted by molar-refractivity contribution is 0.101. The first kappa shape index (κ1) is 9.19. The van der Waals surface area contributed by atoms with Crippen molar-refractivity contribution in [1.82, 2.24) is 0 Å². The van der Waals surface area contributed by atoms with E-state index in [-0.39, 0.29) is 5.78 Å². The van der Waals surface area contributed by atoms with Gasteiger partial charge >= 0.3 is 0 Å². The van der Waals surface area contributed by atoms with Gasteiger partial charge < -0.3 is 4.74 Å². The lowest BCUT2D eigenvalue weighted by Crippen LogP contribution is -2.11. The van der Waals surface area contributed by atoms with Gasteiger partial charge in [-0.05, 0) is 25.1 Å². The third kappa shape index (κ3) is 1.50. The summed E-state index contributed by atoms with van der Waals surface area (Å²) in [6, 6.07) is 4.92. The fourth-order valence-corrected chi connectivity index (χ4v) is 1.57. The molecule has 2 nitrogen and oxygen atoms in total. The second-order valence-corrected chi connectivity index (χ2v) is 3.41. The Bertz CT molecular complexity index is 374. The van der Waals surface area contributed by atoms with Gasteiger partial charge in [0.25, 0.3) is 0 Å². The van der Waals surface area contributed by atoms with Crippen LogP contribution in [0.3, 0.4) is 0 Å². The summed E-state index contributed by atoms with van der Waals surface area (Å²) in [6.45, 7) is 1.88. The SMILES string of the molecule is CC(=O)c1ccc2c(c1)C(F)CCO2. The van der Waals surface area contributed by atoms with Crippen molar-refractivity contribution in [2.24, 2.45) is 0 Å². The molecule has 0 spiro atoms. The average molecular weight is 194 g/mol. The van der Waals surface area contributed by atoms with Crippen LogP contribution in [0, 0.1) is 0 Å². The van der Waals surface area contributed by atoms with E-state index in [4.69, 9.17) is 4.74 Å². The molecule has 14 heavy (non-hydrogen) atoms. The van der Waals surface area contributed by atoms with Gasteiger partial charge in [-0.1, -0.05) is 0 Å². The van der Waals surface area contributed by atoms with E-state index in [1.165, 1.54) is 6.92 Å². The molecule has 0 aliphatic carbocycles. The lowest BCUT2D eigenvalue weighted by Gasteiger charge is -2.20. The molecule has 1 aromatic rings. The van der Waals surface area contributed by atoms with Crippen LogP contribution in [0.4, 0.5) is 4.39 Å². The molecular weight excluding hydrogens is 183 g/mol. The van der Waals surface area contributed by atoms with Gasteiger partial charge in [-0.3, -0.25) is 4.79 Å². The molecule has 0 aromatic heterocycles. The molecule has 1 aliphatic heterocycles. The van der Waals surface area contributed by atoms with Gasteiger partial charge in [-0.15, -0.1) is 0 Å². The van der Waals surface area contributed by atoms with Crippen molar-refractivity contribution in [1.29, 1.82) is 0 Å². The largest absolute Gasteiger partial charge is 0.493 e. The van der Waals surface area contributed by atoms with Crippen LogP contribution in [0.25, 0.3) is 0 Å². The molecule has 1 heterocycles. The molecule has 0 fully saturated rings. The zero-order valence-electron chi connectivity index (χ0n) is 7.92. The van der Waals surface area contributed by atoms with Crippen LogP contribution in [0.2, 0.25) is 0 Å². The quantitative estimate of drug-likeness (QED) is 0.642. The Kier molecular flexibility index (Phi) is 2.23. The molecule has 0 saturated carbocycles. The van der Waals surface area contributed by atoms with E-state index in [9.17, 15) is 9.18 Å². The molecule has 3 heteroatoms. The van der Waals surface area contributed by atoms with Crippen molar-refractivity contribution in [3.05, 3.63) is 29.3 Å². The Morgan fingerprint density at radius 1 is 1.57 bits per heavy atom. The van der Waals surface area contributed by atoms with Crippen molar-refractivity contribution in [2.75, 3.05) is 6.61 Å². The highest BCUT2D eigenvalue weighted by Gasteiger charge is 2.21. The molecular formula is C11H11FO2. The number of carbonyl (C=O) groups excluding carboxylic acids is 1. The molecule has 0 saturated heterocycles. The van der Waals surface area contributed by atoms with E-state index in [0.717, 1.165) is 0 Å². The van der Waals surface area contributed by atoms with E-state index in [1.807, 2.05) is 0 Å². The van der Waals surface area contributed by atoms with E-state index in [2.05, 4.69) is 0 Å². The molecule has 0 N–H and O–H groups in total. The van der Waals surface area contributed by atoms with Gasteiger partial charge in [-0.2, -0.15) is 0 Å². The minimum atomic E-state index is -1.00.